The summed E-state index contributed by atoms with van der Waals surface area (Å²) in [5.74, 6) is -1.06. The maximum atomic E-state index is 13.2. The van der Waals surface area contributed by atoms with E-state index in [0.29, 0.717) is 5.39 Å². The number of sulfonamides is 1. The van der Waals surface area contributed by atoms with Gasteiger partial charge in [-0.15, -0.1) is 0 Å². The van der Waals surface area contributed by atoms with Gasteiger partial charge >= 0.3 is 0 Å². The van der Waals surface area contributed by atoms with Gasteiger partial charge in [0.1, 0.15) is 5.78 Å². The quantitative estimate of drug-likeness (QED) is 0.836. The van der Waals surface area contributed by atoms with E-state index in [1.165, 1.54) is 11.4 Å². The average molecular weight is 363 g/mol. The van der Waals surface area contributed by atoms with Crippen LogP contribution < -0.4 is 0 Å². The van der Waals surface area contributed by atoms with E-state index in [1.54, 1.807) is 18.2 Å². The van der Waals surface area contributed by atoms with Gasteiger partial charge in [-0.2, -0.15) is 4.31 Å². The largest absolute Gasteiger partial charge is 0.367 e. The van der Waals surface area contributed by atoms with Gasteiger partial charge in [0.15, 0.2) is 6.29 Å². The molecule has 0 spiro atoms. The minimum Gasteiger partial charge on any atom is -0.367 e. The number of hydrogen-bond donors (Lipinski definition) is 1. The van der Waals surface area contributed by atoms with E-state index in [4.69, 9.17) is 4.74 Å². The number of ether oxygens (including phenoxy) is 1. The number of fused-ring (bicyclic) bond motifs is 1. The zero-order valence-corrected chi connectivity index (χ0v) is 15.0. The highest BCUT2D eigenvalue weighted by Gasteiger charge is 2.38. The molecule has 1 aliphatic heterocycles. The minimum absolute atomic E-state index is 0.0636. The lowest BCUT2D eigenvalue weighted by Gasteiger charge is -2.32. The molecule has 134 valence electrons. The second-order valence-electron chi connectivity index (χ2n) is 6.24. The third-order valence-electron chi connectivity index (χ3n) is 4.73. The minimum atomic E-state index is -3.79. The highest BCUT2D eigenvalue weighted by molar-refractivity contribution is 7.89. The number of aliphatic hydroxyl groups excluding tert-OH is 1. The number of nitrogens with zero attached hydrogens (tertiary/aromatic N) is 1. The number of ketones is 1. The molecule has 1 saturated heterocycles. The lowest BCUT2D eigenvalue weighted by molar-refractivity contribution is -0.151. The molecule has 25 heavy (non-hydrogen) atoms. The average Bonchev–Trinajstić information content (AvgIpc) is 2.61. The van der Waals surface area contributed by atoms with E-state index >= 15 is 0 Å². The number of piperidine rings is 1. The van der Waals surface area contributed by atoms with E-state index in [1.807, 2.05) is 25.1 Å². The summed E-state index contributed by atoms with van der Waals surface area (Å²) in [4.78, 5) is 12.2. The summed E-state index contributed by atoms with van der Waals surface area (Å²) < 4.78 is 32.4. The second kappa shape index (κ2) is 6.84. The van der Waals surface area contributed by atoms with Crippen LogP contribution >= 0.6 is 0 Å². The zero-order valence-electron chi connectivity index (χ0n) is 14.2. The Labute approximate surface area is 147 Å². The topological polar surface area (TPSA) is 83.9 Å². The molecule has 0 bridgehead atoms. The third kappa shape index (κ3) is 3.20. The van der Waals surface area contributed by atoms with E-state index in [-0.39, 0.29) is 30.2 Å². The van der Waals surface area contributed by atoms with Crippen LogP contribution in [0.25, 0.3) is 10.8 Å². The van der Waals surface area contributed by atoms with Crippen molar-refractivity contribution >= 4 is 26.6 Å². The molecule has 1 fully saturated rings. The van der Waals surface area contributed by atoms with Crippen molar-refractivity contribution in [1.29, 1.82) is 0 Å². The molecule has 2 unspecified atom stereocenters. The summed E-state index contributed by atoms with van der Waals surface area (Å²) in [5, 5.41) is 11.4. The van der Waals surface area contributed by atoms with Gasteiger partial charge < -0.3 is 9.84 Å². The predicted molar refractivity (Wildman–Crippen MR) is 93.6 cm³/mol. The fourth-order valence-electron chi connectivity index (χ4n) is 3.27. The summed E-state index contributed by atoms with van der Waals surface area (Å²) in [6.45, 7) is 1.96. The Morgan fingerprint density at radius 2 is 1.88 bits per heavy atom. The van der Waals surface area contributed by atoms with Crippen molar-refractivity contribution in [1.82, 2.24) is 4.31 Å². The fourth-order valence-corrected chi connectivity index (χ4v) is 4.94. The van der Waals surface area contributed by atoms with Crippen molar-refractivity contribution in [3.8, 4) is 0 Å². The van der Waals surface area contributed by atoms with Crippen molar-refractivity contribution in [2.75, 3.05) is 20.2 Å². The smallest absolute Gasteiger partial charge is 0.243 e. The van der Waals surface area contributed by atoms with Crippen molar-refractivity contribution in [3.05, 3.63) is 42.0 Å². The molecule has 2 aromatic rings. The van der Waals surface area contributed by atoms with Crippen LogP contribution in [0.4, 0.5) is 0 Å². The fraction of sp³-hybridized carbons (Fsp3) is 0.389. The molecule has 7 heteroatoms. The molecular weight excluding hydrogens is 342 g/mol. The first-order valence-corrected chi connectivity index (χ1v) is 9.52. The van der Waals surface area contributed by atoms with Gasteiger partial charge in [0.2, 0.25) is 10.0 Å². The molecule has 0 saturated carbocycles. The monoisotopic (exact) mass is 363 g/mol. The van der Waals surface area contributed by atoms with Crippen LogP contribution in [-0.2, 0) is 19.6 Å². The molecule has 2 atom stereocenters. The summed E-state index contributed by atoms with van der Waals surface area (Å²) in [6, 6.07) is 10.7. The van der Waals surface area contributed by atoms with Gasteiger partial charge in [-0.1, -0.05) is 30.3 Å². The Balaban J connectivity index is 2.03. The highest BCUT2D eigenvalue weighted by Crippen LogP contribution is 2.30. The Morgan fingerprint density at radius 1 is 1.20 bits per heavy atom. The van der Waals surface area contributed by atoms with E-state index in [2.05, 4.69) is 0 Å². The van der Waals surface area contributed by atoms with Gasteiger partial charge in [0.05, 0.1) is 10.8 Å². The number of carbonyl (C=O) groups is 1. The van der Waals surface area contributed by atoms with Crippen LogP contribution in [0.3, 0.4) is 0 Å². The van der Waals surface area contributed by atoms with Gasteiger partial charge in [0.25, 0.3) is 0 Å². The van der Waals surface area contributed by atoms with Gasteiger partial charge in [-0.3, -0.25) is 4.79 Å². The van der Waals surface area contributed by atoms with E-state index in [0.717, 1.165) is 10.9 Å². The Kier molecular flexibility index (Phi) is 4.92. The summed E-state index contributed by atoms with van der Waals surface area (Å²) in [7, 11) is -2.50. The van der Waals surface area contributed by atoms with Crippen molar-refractivity contribution < 1.29 is 23.1 Å². The first kappa shape index (κ1) is 18.0. The molecule has 0 aliphatic carbocycles. The number of aryl methyl sites for hydroxylation is 1. The van der Waals surface area contributed by atoms with Gasteiger partial charge in [-0.25, -0.2) is 8.42 Å². The molecule has 1 heterocycles. The maximum absolute atomic E-state index is 13.2. The Morgan fingerprint density at radius 3 is 2.60 bits per heavy atom. The Hall–Kier alpha value is -1.80. The number of Topliss-reactive ketones (excluding diaryl/α,β-unsaturated/α-hetero) is 1. The lowest BCUT2D eigenvalue weighted by atomic mass is 9.97. The molecule has 0 radical (unpaired) electrons. The number of carbonyl (C=O) groups excluding carboxylic acids is 1. The normalized spacial score (nSPS) is 20.8. The van der Waals surface area contributed by atoms with Crippen LogP contribution in [0, 0.1) is 12.8 Å². The molecule has 2 aromatic carbocycles. The summed E-state index contributed by atoms with van der Waals surface area (Å²) >= 11 is 0. The predicted octanol–water partition coefficient (Wildman–Crippen LogP) is 1.69. The van der Waals surface area contributed by atoms with Gasteiger partial charge in [-0.05, 0) is 23.9 Å². The summed E-state index contributed by atoms with van der Waals surface area (Å²) in [6.07, 6.45) is -1.24. The molecule has 3 rings (SSSR count). The van der Waals surface area contributed by atoms with Crippen molar-refractivity contribution in [3.63, 3.8) is 0 Å². The van der Waals surface area contributed by atoms with Crippen LogP contribution in [0.2, 0.25) is 0 Å². The van der Waals surface area contributed by atoms with Crippen LogP contribution in [-0.4, -0.2) is 50.1 Å². The van der Waals surface area contributed by atoms with Crippen molar-refractivity contribution in [2.45, 2.75) is 24.5 Å². The molecule has 0 aromatic heterocycles. The first-order chi connectivity index (χ1) is 11.9. The molecule has 0 amide bonds. The number of aliphatic hydroxyl groups is 1. The second-order valence-corrected chi connectivity index (χ2v) is 8.14. The summed E-state index contributed by atoms with van der Waals surface area (Å²) in [5.41, 5.74) is 0.996. The van der Waals surface area contributed by atoms with Gasteiger partial charge in [0, 0.05) is 32.0 Å². The first-order valence-electron chi connectivity index (χ1n) is 8.08. The SMILES string of the molecule is COC(O)C1CN(S(=O)(=O)c2cccc3c(C)cccc23)CCC1=O. The Bertz CT molecular complexity index is 909. The van der Waals surface area contributed by atoms with E-state index in [9.17, 15) is 18.3 Å². The highest BCUT2D eigenvalue weighted by atomic mass is 32.2. The van der Waals surface area contributed by atoms with Crippen molar-refractivity contribution in [2.24, 2.45) is 5.92 Å². The van der Waals surface area contributed by atoms with E-state index < -0.39 is 22.2 Å². The standard InChI is InChI=1S/C18H21NO5S/c1-12-5-3-7-14-13(12)6-4-8-17(14)25(22,23)19-10-9-16(20)15(11-19)18(21)24-2/h3-8,15,18,21H,9-11H2,1-2H3. The number of hydrogen-bond acceptors (Lipinski definition) is 5. The molecule has 1 aliphatic rings. The third-order valence-corrected chi connectivity index (χ3v) is 6.65. The van der Waals surface area contributed by atoms with Crippen LogP contribution in [0.1, 0.15) is 12.0 Å². The number of rotatable bonds is 4. The molecular formula is C18H21NO5S. The molecule has 6 nitrogen and oxygen atoms in total. The zero-order chi connectivity index (χ0) is 18.2. The van der Waals surface area contributed by atoms with Crippen LogP contribution in [0.15, 0.2) is 41.3 Å². The van der Waals surface area contributed by atoms with Crippen LogP contribution in [0.5, 0.6) is 0 Å². The number of methoxy groups -OCH3 is 1. The maximum Gasteiger partial charge on any atom is 0.243 e. The lowest BCUT2D eigenvalue weighted by Crippen LogP contribution is -2.48. The molecule has 1 N–H and O–H groups in total. The number of benzene rings is 2.